The lowest BCUT2D eigenvalue weighted by atomic mass is 10.0. The highest BCUT2D eigenvalue weighted by atomic mass is 16.5. The number of carbonyl (C=O) groups is 2. The van der Waals surface area contributed by atoms with Gasteiger partial charge in [-0.1, -0.05) is 31.4 Å². The Hall–Kier alpha value is -3.14. The number of hydrogen-bond donors (Lipinski definition) is 0. The topological polar surface area (TPSA) is 52.6 Å². The fourth-order valence-corrected chi connectivity index (χ4v) is 2.11. The Labute approximate surface area is 147 Å². The first-order valence-corrected chi connectivity index (χ1v) is 7.74. The Bertz CT molecular complexity index is 845. The van der Waals surface area contributed by atoms with Crippen LogP contribution >= 0.6 is 0 Å². The van der Waals surface area contributed by atoms with Crippen molar-refractivity contribution >= 4 is 11.9 Å². The highest BCUT2D eigenvalue weighted by molar-refractivity contribution is 5.89. The van der Waals surface area contributed by atoms with Crippen LogP contribution in [0.3, 0.4) is 0 Å². The molecule has 4 nitrogen and oxygen atoms in total. The molecule has 25 heavy (non-hydrogen) atoms. The third kappa shape index (κ3) is 4.67. The molecule has 0 saturated carbocycles. The molecule has 0 aliphatic heterocycles. The lowest BCUT2D eigenvalue weighted by molar-refractivity contribution is -0.130. The summed E-state index contributed by atoms with van der Waals surface area (Å²) in [6.07, 6.45) is 0. The van der Waals surface area contributed by atoms with E-state index < -0.39 is 11.9 Å². The molecule has 2 aromatic rings. The van der Waals surface area contributed by atoms with Crippen LogP contribution < -0.4 is 9.47 Å². The molecule has 2 rings (SSSR count). The second-order valence-electron chi connectivity index (χ2n) is 5.84. The molecular formula is C21H20O4. The van der Waals surface area contributed by atoms with Crippen molar-refractivity contribution in [2.75, 3.05) is 0 Å². The number of carbonyl (C=O) groups excluding carboxylic acids is 2. The average Bonchev–Trinajstić information content (AvgIpc) is 2.55. The molecule has 0 aliphatic rings. The van der Waals surface area contributed by atoms with E-state index in [1.807, 2.05) is 25.1 Å². The van der Waals surface area contributed by atoms with Crippen LogP contribution in [0.2, 0.25) is 0 Å². The summed E-state index contributed by atoms with van der Waals surface area (Å²) < 4.78 is 10.4. The van der Waals surface area contributed by atoms with Gasteiger partial charge in [0.25, 0.3) is 0 Å². The van der Waals surface area contributed by atoms with Crippen LogP contribution in [-0.4, -0.2) is 11.9 Å². The largest absolute Gasteiger partial charge is 0.423 e. The summed E-state index contributed by atoms with van der Waals surface area (Å²) in [5.41, 5.74) is 3.61. The minimum Gasteiger partial charge on any atom is -0.423 e. The molecule has 128 valence electrons. The fraction of sp³-hybridized carbons (Fsp3) is 0.143. The Balaban J connectivity index is 2.18. The maximum absolute atomic E-state index is 11.6. The third-order valence-corrected chi connectivity index (χ3v) is 3.48. The van der Waals surface area contributed by atoms with Crippen molar-refractivity contribution in [2.24, 2.45) is 0 Å². The van der Waals surface area contributed by atoms with Gasteiger partial charge in [-0.15, -0.1) is 0 Å². The maximum Gasteiger partial charge on any atom is 0.338 e. The number of rotatable bonds is 5. The normalized spacial score (nSPS) is 10.0. The summed E-state index contributed by atoms with van der Waals surface area (Å²) in [6, 6.07) is 12.6. The van der Waals surface area contributed by atoms with Crippen molar-refractivity contribution in [1.29, 1.82) is 0 Å². The molecular weight excluding hydrogens is 316 g/mol. The van der Waals surface area contributed by atoms with Crippen LogP contribution in [0.15, 0.2) is 66.8 Å². The van der Waals surface area contributed by atoms with Crippen molar-refractivity contribution in [2.45, 2.75) is 20.8 Å². The smallest absolute Gasteiger partial charge is 0.338 e. The van der Waals surface area contributed by atoms with Crippen molar-refractivity contribution in [3.05, 3.63) is 72.3 Å². The SMILES string of the molecule is C=C(C)C(=O)Oc1ccc(-c2ccc(OC(=O)C(=C)C)cc2C)cc1. The van der Waals surface area contributed by atoms with E-state index >= 15 is 0 Å². The first kappa shape index (κ1) is 18.2. The van der Waals surface area contributed by atoms with Gasteiger partial charge in [0.1, 0.15) is 11.5 Å². The van der Waals surface area contributed by atoms with Crippen molar-refractivity contribution < 1.29 is 19.1 Å². The Kier molecular flexibility index (Phi) is 5.55. The number of hydrogen-bond acceptors (Lipinski definition) is 4. The number of aryl methyl sites for hydroxylation is 1. The molecule has 0 heterocycles. The van der Waals surface area contributed by atoms with Crippen molar-refractivity contribution in [3.8, 4) is 22.6 Å². The van der Waals surface area contributed by atoms with Gasteiger partial charge in [-0.3, -0.25) is 0 Å². The Morgan fingerprint density at radius 2 is 1.28 bits per heavy atom. The lowest BCUT2D eigenvalue weighted by Gasteiger charge is -2.10. The highest BCUT2D eigenvalue weighted by Crippen LogP contribution is 2.28. The molecule has 0 unspecified atom stereocenters. The molecule has 0 spiro atoms. The fourth-order valence-electron chi connectivity index (χ4n) is 2.11. The third-order valence-electron chi connectivity index (χ3n) is 3.48. The van der Waals surface area contributed by atoms with Crippen LogP contribution in [0.4, 0.5) is 0 Å². The molecule has 0 atom stereocenters. The zero-order valence-electron chi connectivity index (χ0n) is 14.6. The predicted molar refractivity (Wildman–Crippen MR) is 97.5 cm³/mol. The Morgan fingerprint density at radius 3 is 1.76 bits per heavy atom. The molecule has 0 radical (unpaired) electrons. The van der Waals surface area contributed by atoms with E-state index in [2.05, 4.69) is 13.2 Å². The van der Waals surface area contributed by atoms with Crippen LogP contribution in [0.25, 0.3) is 11.1 Å². The zero-order chi connectivity index (χ0) is 18.6. The van der Waals surface area contributed by atoms with E-state index in [0.717, 1.165) is 16.7 Å². The first-order chi connectivity index (χ1) is 11.8. The summed E-state index contributed by atoms with van der Waals surface area (Å²) in [7, 11) is 0. The second-order valence-corrected chi connectivity index (χ2v) is 5.84. The minimum absolute atomic E-state index is 0.347. The van der Waals surface area contributed by atoms with Gasteiger partial charge < -0.3 is 9.47 Å². The monoisotopic (exact) mass is 336 g/mol. The zero-order valence-corrected chi connectivity index (χ0v) is 14.6. The first-order valence-electron chi connectivity index (χ1n) is 7.74. The number of ether oxygens (including phenoxy) is 2. The average molecular weight is 336 g/mol. The van der Waals surface area contributed by atoms with E-state index in [0.29, 0.717) is 22.6 Å². The second kappa shape index (κ2) is 7.62. The number of benzene rings is 2. The standard InChI is InChI=1S/C21H20O4/c1-13(2)20(22)24-17-8-6-16(7-9-17)19-11-10-18(12-15(19)5)25-21(23)14(3)4/h6-12H,1,3H2,2,4-5H3. The number of esters is 2. The summed E-state index contributed by atoms with van der Waals surface area (Å²) in [5, 5.41) is 0. The van der Waals surface area contributed by atoms with E-state index in [1.165, 1.54) is 0 Å². The van der Waals surface area contributed by atoms with E-state index in [9.17, 15) is 9.59 Å². The molecule has 0 bridgehead atoms. The summed E-state index contributed by atoms with van der Waals surface area (Å²) >= 11 is 0. The van der Waals surface area contributed by atoms with Crippen molar-refractivity contribution in [1.82, 2.24) is 0 Å². The van der Waals surface area contributed by atoms with E-state index in [1.54, 1.807) is 38.1 Å². The van der Waals surface area contributed by atoms with Crippen LogP contribution in [-0.2, 0) is 9.59 Å². The van der Waals surface area contributed by atoms with Crippen LogP contribution in [0.1, 0.15) is 19.4 Å². The van der Waals surface area contributed by atoms with E-state index in [4.69, 9.17) is 9.47 Å². The van der Waals surface area contributed by atoms with Gasteiger partial charge in [-0.2, -0.15) is 0 Å². The van der Waals surface area contributed by atoms with Gasteiger partial charge >= 0.3 is 11.9 Å². The molecule has 0 fully saturated rings. The minimum atomic E-state index is -0.451. The molecule has 0 N–H and O–H groups in total. The van der Waals surface area contributed by atoms with Gasteiger partial charge in [-0.25, -0.2) is 9.59 Å². The van der Waals surface area contributed by atoms with Gasteiger partial charge in [-0.05, 0) is 61.7 Å². The van der Waals surface area contributed by atoms with Crippen molar-refractivity contribution in [3.63, 3.8) is 0 Å². The van der Waals surface area contributed by atoms with E-state index in [-0.39, 0.29) is 0 Å². The lowest BCUT2D eigenvalue weighted by Crippen LogP contribution is -2.08. The van der Waals surface area contributed by atoms with Gasteiger partial charge in [0, 0.05) is 11.1 Å². The summed E-state index contributed by atoms with van der Waals surface area (Å²) in [4.78, 5) is 23.1. The molecule has 0 saturated heterocycles. The predicted octanol–water partition coefficient (Wildman–Crippen LogP) is 4.63. The van der Waals surface area contributed by atoms with Crippen LogP contribution in [0.5, 0.6) is 11.5 Å². The molecule has 2 aromatic carbocycles. The van der Waals surface area contributed by atoms with Gasteiger partial charge in [0.2, 0.25) is 0 Å². The highest BCUT2D eigenvalue weighted by Gasteiger charge is 2.09. The molecule has 0 aromatic heterocycles. The summed E-state index contributed by atoms with van der Waals surface area (Å²) in [6.45, 7) is 12.2. The maximum atomic E-state index is 11.6. The molecule has 0 amide bonds. The Morgan fingerprint density at radius 1 is 0.800 bits per heavy atom. The molecule has 0 aliphatic carbocycles. The quantitative estimate of drug-likeness (QED) is 0.454. The van der Waals surface area contributed by atoms with Gasteiger partial charge in [0.15, 0.2) is 0 Å². The summed E-state index contributed by atoms with van der Waals surface area (Å²) in [5.74, 6) is 0.0334. The van der Waals surface area contributed by atoms with Crippen LogP contribution in [0, 0.1) is 6.92 Å². The molecule has 4 heteroatoms. The van der Waals surface area contributed by atoms with Gasteiger partial charge in [0.05, 0.1) is 0 Å².